The van der Waals surface area contributed by atoms with Crippen molar-refractivity contribution in [2.75, 3.05) is 20.2 Å². The molecule has 0 bridgehead atoms. The van der Waals surface area contributed by atoms with Gasteiger partial charge in [-0.25, -0.2) is 12.7 Å². The van der Waals surface area contributed by atoms with E-state index in [2.05, 4.69) is 35.1 Å². The Balaban J connectivity index is 1.59. The first-order valence-electron chi connectivity index (χ1n) is 11.3. The second-order valence-corrected chi connectivity index (χ2v) is 11.9. The Bertz CT molecular complexity index is 1030. The van der Waals surface area contributed by atoms with Crippen LogP contribution in [0.5, 0.6) is 5.75 Å². The van der Waals surface area contributed by atoms with Crippen LogP contribution in [0.3, 0.4) is 0 Å². The summed E-state index contributed by atoms with van der Waals surface area (Å²) in [7, 11) is -1.79. The first-order valence-corrected chi connectivity index (χ1v) is 13.7. The van der Waals surface area contributed by atoms with Crippen molar-refractivity contribution >= 4 is 31.9 Å². The number of sulfonamides is 1. The molecule has 1 saturated heterocycles. The average Bonchev–Trinajstić information content (AvgIpc) is 2.78. The number of methoxy groups -OCH3 is 1. The zero-order valence-electron chi connectivity index (χ0n) is 19.5. The van der Waals surface area contributed by atoms with Gasteiger partial charge in [-0.3, -0.25) is 4.79 Å². The molecule has 1 aliphatic heterocycles. The molecule has 3 rings (SSSR count). The maximum Gasteiger partial charge on any atom is 0.223 e. The molecule has 1 N–H and O–H groups in total. The number of amides is 1. The molecule has 1 atom stereocenters. The van der Waals surface area contributed by atoms with Crippen LogP contribution in [0.25, 0.3) is 0 Å². The number of hydrogen-bond donors (Lipinski definition) is 1. The third-order valence-corrected chi connectivity index (χ3v) is 8.34. The Kier molecular flexibility index (Phi) is 8.95. The fourth-order valence-corrected chi connectivity index (χ4v) is 6.20. The van der Waals surface area contributed by atoms with Crippen molar-refractivity contribution in [2.45, 2.75) is 44.9 Å². The van der Waals surface area contributed by atoms with Gasteiger partial charge in [0.1, 0.15) is 5.75 Å². The fraction of sp³-hybridized carbons (Fsp3) is 0.480. The maximum atomic E-state index is 13.1. The number of halogens is 1. The Hall–Kier alpha value is -1.90. The lowest BCUT2D eigenvalue weighted by atomic mass is 9.93. The third kappa shape index (κ3) is 7.29. The summed E-state index contributed by atoms with van der Waals surface area (Å²) in [5.74, 6) is 0.986. The summed E-state index contributed by atoms with van der Waals surface area (Å²) in [6.45, 7) is 5.01. The third-order valence-electron chi connectivity index (χ3n) is 6.00. The Morgan fingerprint density at radius 1 is 1.15 bits per heavy atom. The number of nitrogens with zero attached hydrogens (tertiary/aromatic N) is 1. The first kappa shape index (κ1) is 25.7. The van der Waals surface area contributed by atoms with E-state index in [-0.39, 0.29) is 23.6 Å². The average molecular weight is 538 g/mol. The van der Waals surface area contributed by atoms with Crippen LogP contribution in [0, 0.1) is 11.8 Å². The number of carbonyl (C=O) groups excluding carboxylic acids is 1. The van der Waals surface area contributed by atoms with Gasteiger partial charge in [0.25, 0.3) is 0 Å². The van der Waals surface area contributed by atoms with Gasteiger partial charge in [-0.15, -0.1) is 0 Å². The Morgan fingerprint density at radius 2 is 1.82 bits per heavy atom. The molecular formula is C25H33BrN2O4S. The summed E-state index contributed by atoms with van der Waals surface area (Å²) in [5.41, 5.74) is 1.80. The lowest BCUT2D eigenvalue weighted by Crippen LogP contribution is -2.44. The molecule has 0 saturated carbocycles. The summed E-state index contributed by atoms with van der Waals surface area (Å²) < 4.78 is 33.4. The molecule has 1 amide bonds. The lowest BCUT2D eigenvalue weighted by molar-refractivity contribution is -0.127. The summed E-state index contributed by atoms with van der Waals surface area (Å²) in [6, 6.07) is 15.1. The van der Waals surface area contributed by atoms with Gasteiger partial charge in [0.2, 0.25) is 15.9 Å². The van der Waals surface area contributed by atoms with Crippen LogP contribution in [0.15, 0.2) is 53.0 Å². The quantitative estimate of drug-likeness (QED) is 0.494. The topological polar surface area (TPSA) is 75.7 Å². The van der Waals surface area contributed by atoms with Crippen LogP contribution in [-0.2, 0) is 20.6 Å². The predicted molar refractivity (Wildman–Crippen MR) is 134 cm³/mol. The van der Waals surface area contributed by atoms with Crippen LogP contribution in [0.2, 0.25) is 0 Å². The number of hydrogen-bond acceptors (Lipinski definition) is 4. The van der Waals surface area contributed by atoms with E-state index in [9.17, 15) is 13.2 Å². The Morgan fingerprint density at radius 3 is 2.39 bits per heavy atom. The van der Waals surface area contributed by atoms with E-state index in [1.54, 1.807) is 7.11 Å². The molecule has 0 unspecified atom stereocenters. The second kappa shape index (κ2) is 11.5. The number of carbonyl (C=O) groups is 1. The zero-order valence-corrected chi connectivity index (χ0v) is 21.9. The summed E-state index contributed by atoms with van der Waals surface area (Å²) in [5, 5.41) is 3.22. The van der Waals surface area contributed by atoms with Crippen molar-refractivity contribution in [2.24, 2.45) is 11.8 Å². The van der Waals surface area contributed by atoms with E-state index < -0.39 is 10.0 Å². The number of piperidine rings is 1. The number of ether oxygens (including phenoxy) is 1. The lowest BCUT2D eigenvalue weighted by Gasteiger charge is -2.32. The van der Waals surface area contributed by atoms with Crippen molar-refractivity contribution in [1.82, 2.24) is 9.62 Å². The largest absolute Gasteiger partial charge is 0.497 e. The SMILES string of the molecule is COc1ccc([C@H](CC(C)C)NC(=O)C2CCN(S(=O)(=O)Cc3cccc(Br)c3)CC2)cc1. The van der Waals surface area contributed by atoms with E-state index >= 15 is 0 Å². The van der Waals surface area contributed by atoms with E-state index in [1.807, 2.05) is 48.5 Å². The molecular weight excluding hydrogens is 504 g/mol. The molecule has 1 heterocycles. The van der Waals surface area contributed by atoms with Gasteiger partial charge in [-0.2, -0.15) is 0 Å². The summed E-state index contributed by atoms with van der Waals surface area (Å²) in [6.07, 6.45) is 1.89. The highest BCUT2D eigenvalue weighted by molar-refractivity contribution is 9.10. The molecule has 180 valence electrons. The molecule has 0 aromatic heterocycles. The van der Waals surface area contributed by atoms with E-state index in [1.165, 1.54) is 4.31 Å². The van der Waals surface area contributed by atoms with Gasteiger partial charge in [0.05, 0.1) is 18.9 Å². The minimum Gasteiger partial charge on any atom is -0.497 e. The van der Waals surface area contributed by atoms with Crippen LogP contribution in [-0.4, -0.2) is 38.8 Å². The van der Waals surface area contributed by atoms with Crippen molar-refractivity contribution in [1.29, 1.82) is 0 Å². The highest BCUT2D eigenvalue weighted by Crippen LogP contribution is 2.27. The van der Waals surface area contributed by atoms with Gasteiger partial charge in [0.15, 0.2) is 0 Å². The summed E-state index contributed by atoms with van der Waals surface area (Å²) >= 11 is 3.39. The molecule has 2 aromatic rings. The standard InChI is InChI=1S/C25H33BrN2O4S/c1-18(2)15-24(20-7-9-23(32-3)10-8-20)27-25(29)21-11-13-28(14-12-21)33(30,31)17-19-5-4-6-22(26)16-19/h4-10,16,18,21,24H,11-15,17H2,1-3H3,(H,27,29)/t24-/m0/s1. The normalized spacial score (nSPS) is 16.5. The molecule has 1 aliphatic rings. The first-order chi connectivity index (χ1) is 15.7. The van der Waals surface area contributed by atoms with Crippen LogP contribution in [0.1, 0.15) is 50.3 Å². The van der Waals surface area contributed by atoms with E-state index in [4.69, 9.17) is 4.74 Å². The number of rotatable bonds is 9. The highest BCUT2D eigenvalue weighted by atomic mass is 79.9. The van der Waals surface area contributed by atoms with Crippen molar-refractivity contribution in [3.05, 3.63) is 64.1 Å². The van der Waals surface area contributed by atoms with Crippen molar-refractivity contribution in [3.8, 4) is 5.75 Å². The van der Waals surface area contributed by atoms with Crippen LogP contribution < -0.4 is 10.1 Å². The van der Waals surface area contributed by atoms with E-state index in [0.717, 1.165) is 27.8 Å². The van der Waals surface area contributed by atoms with Gasteiger partial charge < -0.3 is 10.1 Å². The van der Waals surface area contributed by atoms with E-state index in [0.29, 0.717) is 31.8 Å². The van der Waals surface area contributed by atoms with Crippen LogP contribution >= 0.6 is 15.9 Å². The second-order valence-electron chi connectivity index (χ2n) is 9.02. The van der Waals surface area contributed by atoms with Gasteiger partial charge in [-0.05, 0) is 60.6 Å². The minimum absolute atomic E-state index is 0.000468. The maximum absolute atomic E-state index is 13.1. The predicted octanol–water partition coefficient (Wildman–Crippen LogP) is 4.90. The van der Waals surface area contributed by atoms with Gasteiger partial charge in [-0.1, -0.05) is 54.0 Å². The zero-order chi connectivity index (χ0) is 24.0. The number of nitrogens with one attached hydrogen (secondary N) is 1. The molecule has 2 aromatic carbocycles. The monoisotopic (exact) mass is 536 g/mol. The van der Waals surface area contributed by atoms with Gasteiger partial charge in [0, 0.05) is 23.5 Å². The molecule has 8 heteroatoms. The van der Waals surface area contributed by atoms with Crippen LogP contribution in [0.4, 0.5) is 0 Å². The molecule has 1 fully saturated rings. The molecule has 0 aliphatic carbocycles. The highest BCUT2D eigenvalue weighted by Gasteiger charge is 2.32. The Labute approximate surface area is 205 Å². The van der Waals surface area contributed by atoms with Crippen molar-refractivity contribution in [3.63, 3.8) is 0 Å². The molecule has 6 nitrogen and oxygen atoms in total. The fourth-order valence-electron chi connectivity index (χ4n) is 4.20. The number of benzene rings is 2. The molecule has 0 radical (unpaired) electrons. The van der Waals surface area contributed by atoms with Crippen molar-refractivity contribution < 1.29 is 17.9 Å². The minimum atomic E-state index is -3.42. The summed E-state index contributed by atoms with van der Waals surface area (Å²) in [4.78, 5) is 13.1. The van der Waals surface area contributed by atoms with Gasteiger partial charge >= 0.3 is 0 Å². The molecule has 0 spiro atoms. The molecule has 33 heavy (non-hydrogen) atoms. The smallest absolute Gasteiger partial charge is 0.223 e.